The second-order valence-corrected chi connectivity index (χ2v) is 29.9. The van der Waals surface area contributed by atoms with E-state index in [1.165, 1.54) is 54.1 Å². The number of aliphatic hydroxyl groups excluding tert-OH is 1. The number of carbonyl (C=O) groups excluding carboxylic acids is 12. The van der Waals surface area contributed by atoms with Crippen LogP contribution in [0.15, 0.2) is 60.7 Å². The number of aliphatic hydroxyl groups is 1. The van der Waals surface area contributed by atoms with Crippen molar-refractivity contribution in [1.29, 1.82) is 0 Å². The Balaban J connectivity index is 2.00. The van der Waals surface area contributed by atoms with Gasteiger partial charge < -0.3 is 75.0 Å². The van der Waals surface area contributed by atoms with Crippen LogP contribution < -0.4 is 21.3 Å². The van der Waals surface area contributed by atoms with Crippen molar-refractivity contribution >= 4 is 70.9 Å². The number of piperidine rings is 1. The molecule has 4 rings (SSSR count). The number of carbonyl (C=O) groups is 12. The Bertz CT molecular complexity index is 3230. The molecule has 12 amide bonds. The van der Waals surface area contributed by atoms with Crippen molar-refractivity contribution < 1.29 is 85.3 Å². The summed E-state index contributed by atoms with van der Waals surface area (Å²) in [6, 6.07) is 3.96. The molecule has 1 unspecified atom stereocenters. The summed E-state index contributed by atoms with van der Waals surface area (Å²) in [5, 5.41) is 20.9. The number of nitrogens with zero attached hydrogens (tertiary/aromatic N) is 8. The minimum atomic E-state index is -5.15. The average Bonchev–Trinajstić information content (AvgIpc) is 0.815. The number of amides is 12. The van der Waals surface area contributed by atoms with Crippen molar-refractivity contribution in [1.82, 2.24) is 60.5 Å². The van der Waals surface area contributed by atoms with Gasteiger partial charge in [-0.15, -0.1) is 0 Å². The van der Waals surface area contributed by atoms with Crippen LogP contribution in [0.1, 0.15) is 145 Å². The molecule has 0 aliphatic carbocycles. The van der Waals surface area contributed by atoms with E-state index >= 15 is 28.8 Å². The van der Waals surface area contributed by atoms with E-state index in [9.17, 15) is 47.0 Å². The molecule has 0 bridgehead atoms. The van der Waals surface area contributed by atoms with Gasteiger partial charge in [0.25, 0.3) is 0 Å². The predicted molar refractivity (Wildman–Crippen MR) is 388 cm³/mol. The number of ether oxygens (including phenoxy) is 2. The van der Waals surface area contributed by atoms with Crippen molar-refractivity contribution in [2.24, 2.45) is 17.8 Å². The van der Waals surface area contributed by atoms with E-state index in [4.69, 9.17) is 9.47 Å². The van der Waals surface area contributed by atoms with Crippen LogP contribution in [0.4, 0.5) is 13.2 Å². The van der Waals surface area contributed by atoms with Gasteiger partial charge in [-0.05, 0) is 94.6 Å². The van der Waals surface area contributed by atoms with Crippen LogP contribution in [0, 0.1) is 17.8 Å². The Kier molecular flexibility index (Phi) is 35.3. The Morgan fingerprint density at radius 1 is 0.552 bits per heavy atom. The van der Waals surface area contributed by atoms with Crippen LogP contribution in [0.5, 0.6) is 0 Å². The van der Waals surface area contributed by atoms with Gasteiger partial charge in [-0.3, -0.25) is 57.5 Å². The standard InChI is InChI=1S/C75H117F3N12O15/c1-18-20-34-90-43-63(94)85(14)59(40-51-32-26-22-27-33-51)72(102)88(17)57(38-48(5)6)67(97)81-54(45-105-74(9,10)11)69(99)87(16)56(37-47(3)4)66(96)79-52(70(100)89-35-28-23-29-36-89)41-61(92)83(12)42-62(93)84(13)58(39-50-30-24-21-25-31-50)68(98)82-64(49(7)8)73(103)86(15)55(19-2)65(95)80-53(71(90)101)44-104-46-60(91)75(76,77)78/h21-22,24-27,30-33,47-49,52-60,64,91H,18-20,23,28-29,34-46H2,1-17H3,(H,79,96)(H,80,95)(H,81,97)(H,82,98)/t52-,53-,54-,55-,56-,57-,58-,59-,60?,64-/m0/s1. The summed E-state index contributed by atoms with van der Waals surface area (Å²) in [6.45, 7) is 15.2. The summed E-state index contributed by atoms with van der Waals surface area (Å²) in [4.78, 5) is 189. The van der Waals surface area contributed by atoms with Crippen LogP contribution in [-0.2, 0) is 79.8 Å². The topological polar surface area (TPSA) is 318 Å². The molecule has 27 nitrogen and oxygen atoms in total. The molecule has 588 valence electrons. The first-order valence-electron chi connectivity index (χ1n) is 36.5. The van der Waals surface area contributed by atoms with Crippen molar-refractivity contribution in [3.8, 4) is 0 Å². The minimum absolute atomic E-state index is 0.00518. The highest BCUT2D eigenvalue weighted by Gasteiger charge is 2.44. The highest BCUT2D eigenvalue weighted by molar-refractivity contribution is 6.00. The van der Waals surface area contributed by atoms with Crippen LogP contribution in [0.25, 0.3) is 0 Å². The fourth-order valence-corrected chi connectivity index (χ4v) is 12.4. The van der Waals surface area contributed by atoms with Gasteiger partial charge >= 0.3 is 6.18 Å². The number of likely N-dealkylation sites (tertiary alicyclic amines) is 1. The van der Waals surface area contributed by atoms with Gasteiger partial charge in [0.15, 0.2) is 6.10 Å². The van der Waals surface area contributed by atoms with E-state index in [2.05, 4.69) is 21.3 Å². The average molecular weight is 1480 g/mol. The van der Waals surface area contributed by atoms with Gasteiger partial charge in [-0.2, -0.15) is 13.2 Å². The molecule has 2 aliphatic heterocycles. The lowest BCUT2D eigenvalue weighted by molar-refractivity contribution is -0.217. The lowest BCUT2D eigenvalue weighted by Crippen LogP contribution is -2.62. The van der Waals surface area contributed by atoms with Gasteiger partial charge in [0, 0.05) is 74.8 Å². The first-order chi connectivity index (χ1) is 49.1. The summed E-state index contributed by atoms with van der Waals surface area (Å²) < 4.78 is 52.7. The molecular weight excluding hydrogens is 1370 g/mol. The number of halogens is 3. The van der Waals surface area contributed by atoms with E-state index < -0.39 is 188 Å². The summed E-state index contributed by atoms with van der Waals surface area (Å²) in [7, 11) is 7.99. The van der Waals surface area contributed by atoms with Crippen molar-refractivity contribution in [2.45, 2.75) is 219 Å². The van der Waals surface area contributed by atoms with Crippen LogP contribution >= 0.6 is 0 Å². The zero-order valence-electron chi connectivity index (χ0n) is 64.6. The largest absolute Gasteiger partial charge is 0.416 e. The zero-order valence-corrected chi connectivity index (χ0v) is 64.6. The maximum absolute atomic E-state index is 15.5. The molecule has 2 aliphatic rings. The fourth-order valence-electron chi connectivity index (χ4n) is 12.4. The number of unbranched alkanes of at least 4 members (excludes halogenated alkanes) is 1. The molecule has 10 atom stereocenters. The number of rotatable bonds is 20. The molecule has 0 aromatic heterocycles. The molecule has 2 aromatic rings. The van der Waals surface area contributed by atoms with E-state index in [0.29, 0.717) is 43.5 Å². The Morgan fingerprint density at radius 2 is 1.02 bits per heavy atom. The number of hydrogen-bond acceptors (Lipinski definition) is 15. The number of likely N-dealkylation sites (N-methyl/N-ethyl adjacent to an activating group) is 6. The molecule has 0 radical (unpaired) electrons. The smallest absolute Gasteiger partial charge is 0.382 e. The SMILES string of the molecule is CCCCN1CC(=O)N(C)[C@@H](Cc2ccccc2)C(=O)N(C)[C@@H](CC(C)C)C(=O)N[C@@H](COC(C)(C)C)C(=O)N(C)[C@@H](CC(C)C)C(=O)N[C@H](C(=O)N2CCCCC2)CC(=O)N(C)CC(=O)N(C)[C@@H](Cc2ccccc2)C(=O)N[C@@H](C(C)C)C(=O)N(C)[C@@H](CC)C(=O)N[C@@H](COCC(O)C(F)(F)F)C1=O. The second-order valence-electron chi connectivity index (χ2n) is 29.9. The molecule has 5 N–H and O–H groups in total. The summed E-state index contributed by atoms with van der Waals surface area (Å²) in [6.07, 6.45) is -6.39. The van der Waals surface area contributed by atoms with Gasteiger partial charge in [0.2, 0.25) is 70.9 Å². The van der Waals surface area contributed by atoms with Crippen molar-refractivity contribution in [3.05, 3.63) is 71.8 Å². The molecule has 0 saturated carbocycles. The number of hydrogen-bond donors (Lipinski definition) is 5. The monoisotopic (exact) mass is 1480 g/mol. The summed E-state index contributed by atoms with van der Waals surface area (Å²) in [5.41, 5.74) is 0.267. The fraction of sp³-hybridized carbons (Fsp3) is 0.680. The number of alkyl halides is 3. The zero-order chi connectivity index (χ0) is 79.0. The Morgan fingerprint density at radius 3 is 1.51 bits per heavy atom. The maximum atomic E-state index is 15.5. The van der Waals surface area contributed by atoms with E-state index in [1.54, 1.807) is 107 Å². The maximum Gasteiger partial charge on any atom is 0.416 e. The van der Waals surface area contributed by atoms with Crippen LogP contribution in [0.2, 0.25) is 0 Å². The first-order valence-corrected chi connectivity index (χ1v) is 36.5. The van der Waals surface area contributed by atoms with Crippen LogP contribution in [0.3, 0.4) is 0 Å². The molecular formula is C75H117F3N12O15. The summed E-state index contributed by atoms with van der Waals surface area (Å²) >= 11 is 0. The third-order valence-corrected chi connectivity index (χ3v) is 18.9. The van der Waals surface area contributed by atoms with Crippen LogP contribution in [-0.4, -0.2) is 282 Å². The predicted octanol–water partition coefficient (Wildman–Crippen LogP) is 3.96. The molecule has 30 heteroatoms. The Labute approximate surface area is 617 Å². The highest BCUT2D eigenvalue weighted by Crippen LogP contribution is 2.24. The van der Waals surface area contributed by atoms with Crippen molar-refractivity contribution in [3.63, 3.8) is 0 Å². The third-order valence-electron chi connectivity index (χ3n) is 18.9. The molecule has 2 saturated heterocycles. The highest BCUT2D eigenvalue weighted by atomic mass is 19.4. The summed E-state index contributed by atoms with van der Waals surface area (Å²) in [5.74, 6) is -11.1. The van der Waals surface area contributed by atoms with Gasteiger partial charge in [-0.25, -0.2) is 0 Å². The lowest BCUT2D eigenvalue weighted by atomic mass is 9.98. The van der Waals surface area contributed by atoms with E-state index in [0.717, 1.165) is 35.8 Å². The normalized spacial score (nSPS) is 24.0. The molecule has 105 heavy (non-hydrogen) atoms. The number of benzene rings is 2. The first kappa shape index (κ1) is 89.1. The third kappa shape index (κ3) is 27.2. The van der Waals surface area contributed by atoms with Crippen molar-refractivity contribution in [2.75, 3.05) is 94.8 Å². The number of nitrogens with one attached hydrogen (secondary N) is 4. The molecule has 2 fully saturated rings. The second kappa shape index (κ2) is 41.6. The molecule has 2 heterocycles. The molecule has 0 spiro atoms. The van der Waals surface area contributed by atoms with Gasteiger partial charge in [0.05, 0.1) is 44.9 Å². The lowest BCUT2D eigenvalue weighted by Gasteiger charge is -2.37. The van der Waals surface area contributed by atoms with Gasteiger partial charge in [0.1, 0.15) is 54.4 Å². The van der Waals surface area contributed by atoms with E-state index in [1.807, 2.05) is 27.7 Å². The molecule has 2 aromatic carbocycles. The minimum Gasteiger partial charge on any atom is -0.382 e. The quantitative estimate of drug-likeness (QED) is 0.125. The van der Waals surface area contributed by atoms with Gasteiger partial charge in [-0.1, -0.05) is 122 Å². The Hall–Kier alpha value is -8.25. The van der Waals surface area contributed by atoms with E-state index in [-0.39, 0.29) is 56.9 Å².